The molecular formula is C16H20N2O3. The molecule has 21 heavy (non-hydrogen) atoms. The summed E-state index contributed by atoms with van der Waals surface area (Å²) in [6.45, 7) is 2.68. The fourth-order valence-electron chi connectivity index (χ4n) is 2.69. The van der Waals surface area contributed by atoms with E-state index in [0.717, 1.165) is 18.7 Å². The predicted molar refractivity (Wildman–Crippen MR) is 78.9 cm³/mol. The second-order valence-corrected chi connectivity index (χ2v) is 5.54. The second kappa shape index (κ2) is 6.28. The maximum absolute atomic E-state index is 10.3. The lowest BCUT2D eigenvalue weighted by atomic mass is 10.1. The van der Waals surface area contributed by atoms with E-state index in [1.54, 1.807) is 30.3 Å². The van der Waals surface area contributed by atoms with Gasteiger partial charge < -0.3 is 19.6 Å². The number of hydrogen-bond acceptors (Lipinski definition) is 5. The zero-order valence-corrected chi connectivity index (χ0v) is 11.9. The molecular weight excluding hydrogens is 268 g/mol. The lowest BCUT2D eigenvalue weighted by Gasteiger charge is -2.27. The zero-order valence-electron chi connectivity index (χ0n) is 11.9. The van der Waals surface area contributed by atoms with Crippen LogP contribution in [0.4, 0.5) is 0 Å². The van der Waals surface area contributed by atoms with Crippen LogP contribution in [0.5, 0.6) is 5.75 Å². The first-order valence-electron chi connectivity index (χ1n) is 7.39. The molecule has 1 aliphatic heterocycles. The molecule has 0 bridgehead atoms. The van der Waals surface area contributed by atoms with Crippen LogP contribution < -0.4 is 0 Å². The summed E-state index contributed by atoms with van der Waals surface area (Å²) in [7, 11) is 0. The lowest BCUT2D eigenvalue weighted by molar-refractivity contribution is 0.0959. The molecule has 1 atom stereocenters. The summed E-state index contributed by atoms with van der Waals surface area (Å²) in [4.78, 5) is 2.27. The highest BCUT2D eigenvalue weighted by Crippen LogP contribution is 2.25. The number of rotatable bonds is 4. The molecule has 5 nitrogen and oxygen atoms in total. The fraction of sp³-hybridized carbons (Fsp3) is 0.438. The highest BCUT2D eigenvalue weighted by atomic mass is 16.5. The monoisotopic (exact) mass is 288 g/mol. The van der Waals surface area contributed by atoms with E-state index in [2.05, 4.69) is 10.1 Å². The van der Waals surface area contributed by atoms with E-state index < -0.39 is 6.10 Å². The summed E-state index contributed by atoms with van der Waals surface area (Å²) in [5.74, 6) is 0.811. The van der Waals surface area contributed by atoms with Gasteiger partial charge in [0, 0.05) is 18.2 Å². The molecule has 112 valence electrons. The van der Waals surface area contributed by atoms with Gasteiger partial charge >= 0.3 is 0 Å². The first-order valence-corrected chi connectivity index (χ1v) is 7.39. The van der Waals surface area contributed by atoms with Gasteiger partial charge in [-0.2, -0.15) is 0 Å². The van der Waals surface area contributed by atoms with Crippen molar-refractivity contribution in [2.24, 2.45) is 0 Å². The zero-order chi connectivity index (χ0) is 14.7. The molecule has 1 aromatic carbocycles. The van der Waals surface area contributed by atoms with Crippen molar-refractivity contribution in [3.05, 3.63) is 36.0 Å². The molecule has 0 saturated carbocycles. The Labute approximate surface area is 123 Å². The lowest BCUT2D eigenvalue weighted by Crippen LogP contribution is -2.33. The number of phenols is 1. The average molecular weight is 288 g/mol. The van der Waals surface area contributed by atoms with Gasteiger partial charge in [0.2, 0.25) is 0 Å². The Morgan fingerprint density at radius 1 is 1.14 bits per heavy atom. The van der Waals surface area contributed by atoms with E-state index in [0.29, 0.717) is 18.0 Å². The van der Waals surface area contributed by atoms with Crippen molar-refractivity contribution in [3.63, 3.8) is 0 Å². The molecule has 0 aliphatic carbocycles. The van der Waals surface area contributed by atoms with Crippen molar-refractivity contribution < 1.29 is 14.7 Å². The van der Waals surface area contributed by atoms with Crippen LogP contribution in [0.1, 0.15) is 31.1 Å². The number of nitrogens with zero attached hydrogens (tertiary/aromatic N) is 2. The number of aliphatic hydroxyl groups is 1. The topological polar surface area (TPSA) is 69.7 Å². The predicted octanol–water partition coefficient (Wildman–Crippen LogP) is 2.57. The van der Waals surface area contributed by atoms with Crippen molar-refractivity contribution in [3.8, 4) is 17.1 Å². The van der Waals surface area contributed by atoms with Crippen molar-refractivity contribution in [2.45, 2.75) is 25.4 Å². The molecule has 1 aromatic heterocycles. The smallest absolute Gasteiger partial charge is 0.167 e. The quantitative estimate of drug-likeness (QED) is 0.905. The Morgan fingerprint density at radius 2 is 1.86 bits per heavy atom. The third-order valence-electron chi connectivity index (χ3n) is 3.90. The molecule has 1 unspecified atom stereocenters. The standard InChI is InChI=1S/C16H20N2O3/c19-13-6-4-12(5-7-13)16-10-14(17-21-16)15(20)11-18-8-2-1-3-9-18/h4-7,10,15,19-20H,1-3,8-9,11H2. The van der Waals surface area contributed by atoms with Gasteiger partial charge in [0.05, 0.1) is 0 Å². The Kier molecular flexibility index (Phi) is 4.22. The van der Waals surface area contributed by atoms with Crippen LogP contribution in [0.15, 0.2) is 34.9 Å². The van der Waals surface area contributed by atoms with Gasteiger partial charge in [-0.05, 0) is 50.2 Å². The van der Waals surface area contributed by atoms with Crippen molar-refractivity contribution in [1.82, 2.24) is 10.1 Å². The number of likely N-dealkylation sites (tertiary alicyclic amines) is 1. The van der Waals surface area contributed by atoms with Gasteiger partial charge in [0.25, 0.3) is 0 Å². The molecule has 5 heteroatoms. The maximum Gasteiger partial charge on any atom is 0.167 e. The number of phenolic OH excluding ortho intramolecular Hbond substituents is 1. The van der Waals surface area contributed by atoms with Gasteiger partial charge in [-0.25, -0.2) is 0 Å². The summed E-state index contributed by atoms with van der Waals surface area (Å²) in [5.41, 5.74) is 1.39. The van der Waals surface area contributed by atoms with Gasteiger partial charge in [0.15, 0.2) is 5.76 Å². The van der Waals surface area contributed by atoms with Crippen LogP contribution in [0.3, 0.4) is 0 Å². The van der Waals surface area contributed by atoms with Crippen LogP contribution in [-0.4, -0.2) is 39.9 Å². The van der Waals surface area contributed by atoms with Gasteiger partial charge in [-0.1, -0.05) is 11.6 Å². The third-order valence-corrected chi connectivity index (χ3v) is 3.90. The van der Waals surface area contributed by atoms with Crippen LogP contribution >= 0.6 is 0 Å². The van der Waals surface area contributed by atoms with E-state index >= 15 is 0 Å². The largest absolute Gasteiger partial charge is 0.508 e. The number of benzene rings is 1. The molecule has 1 aliphatic rings. The van der Waals surface area contributed by atoms with Gasteiger partial charge in [-0.3, -0.25) is 0 Å². The Hall–Kier alpha value is -1.85. The maximum atomic E-state index is 10.3. The highest BCUT2D eigenvalue weighted by molar-refractivity contribution is 5.58. The summed E-state index contributed by atoms with van der Waals surface area (Å²) in [6, 6.07) is 8.48. The number of aliphatic hydroxyl groups excluding tert-OH is 1. The van der Waals surface area contributed by atoms with Crippen molar-refractivity contribution in [2.75, 3.05) is 19.6 Å². The van der Waals surface area contributed by atoms with E-state index in [4.69, 9.17) is 4.52 Å². The minimum absolute atomic E-state index is 0.212. The highest BCUT2D eigenvalue weighted by Gasteiger charge is 2.19. The SMILES string of the molecule is Oc1ccc(-c2cc(C(O)CN3CCCCC3)no2)cc1. The molecule has 2 N–H and O–H groups in total. The van der Waals surface area contributed by atoms with Gasteiger partial charge in [-0.15, -0.1) is 0 Å². The van der Waals surface area contributed by atoms with Crippen LogP contribution in [-0.2, 0) is 0 Å². The minimum atomic E-state index is -0.627. The fourth-order valence-corrected chi connectivity index (χ4v) is 2.69. The first-order chi connectivity index (χ1) is 10.2. The summed E-state index contributed by atoms with van der Waals surface area (Å²) in [6.07, 6.45) is 3.05. The number of β-amino-alcohol motifs (C(OH)–C–C–N with tert-alkyl or cyclic N) is 1. The van der Waals surface area contributed by atoms with E-state index in [1.165, 1.54) is 19.3 Å². The number of aromatic hydroxyl groups is 1. The Morgan fingerprint density at radius 3 is 2.57 bits per heavy atom. The molecule has 0 spiro atoms. The minimum Gasteiger partial charge on any atom is -0.508 e. The first kappa shape index (κ1) is 14.1. The molecule has 3 rings (SSSR count). The van der Waals surface area contributed by atoms with Crippen molar-refractivity contribution in [1.29, 1.82) is 0 Å². The second-order valence-electron chi connectivity index (χ2n) is 5.54. The molecule has 1 fully saturated rings. The summed E-state index contributed by atoms with van der Waals surface area (Å²) >= 11 is 0. The Bertz CT molecular complexity index is 573. The molecule has 2 aromatic rings. The van der Waals surface area contributed by atoms with E-state index in [-0.39, 0.29) is 5.75 Å². The van der Waals surface area contributed by atoms with Crippen LogP contribution in [0.25, 0.3) is 11.3 Å². The number of aromatic nitrogens is 1. The number of piperidine rings is 1. The van der Waals surface area contributed by atoms with E-state index in [1.807, 2.05) is 0 Å². The molecule has 1 saturated heterocycles. The molecule has 2 heterocycles. The summed E-state index contributed by atoms with van der Waals surface area (Å²) < 4.78 is 5.29. The molecule has 0 radical (unpaired) electrons. The molecule has 0 amide bonds. The van der Waals surface area contributed by atoms with E-state index in [9.17, 15) is 10.2 Å². The normalized spacial score (nSPS) is 17.8. The van der Waals surface area contributed by atoms with Crippen LogP contribution in [0.2, 0.25) is 0 Å². The van der Waals surface area contributed by atoms with Gasteiger partial charge in [0.1, 0.15) is 17.5 Å². The van der Waals surface area contributed by atoms with Crippen LogP contribution in [0, 0.1) is 0 Å². The Balaban J connectivity index is 1.67. The van der Waals surface area contributed by atoms with Crippen molar-refractivity contribution >= 4 is 0 Å². The third kappa shape index (κ3) is 3.43. The number of hydrogen-bond donors (Lipinski definition) is 2. The summed E-state index contributed by atoms with van der Waals surface area (Å²) in [5, 5.41) is 23.5. The average Bonchev–Trinajstić information content (AvgIpc) is 2.99.